The molecule has 2 rings (SSSR count). The Labute approximate surface area is 129 Å². The molecule has 1 amide bonds. The highest BCUT2D eigenvalue weighted by Crippen LogP contribution is 2.36. The van der Waals surface area contributed by atoms with Crippen molar-refractivity contribution in [2.45, 2.75) is 20.3 Å². The number of nitrogens with zero attached hydrogens (tertiary/aromatic N) is 1. The third-order valence-corrected chi connectivity index (χ3v) is 4.71. The van der Waals surface area contributed by atoms with E-state index in [4.69, 9.17) is 17.0 Å². The van der Waals surface area contributed by atoms with Gasteiger partial charge in [-0.3, -0.25) is 9.69 Å². The maximum absolute atomic E-state index is 12.4. The summed E-state index contributed by atoms with van der Waals surface area (Å²) in [5.74, 6) is 0.829. The smallest absolute Gasteiger partial charge is 0.266 e. The van der Waals surface area contributed by atoms with Crippen molar-refractivity contribution in [3.8, 4) is 5.75 Å². The number of rotatable bonds is 4. The van der Waals surface area contributed by atoms with Gasteiger partial charge in [0, 0.05) is 6.54 Å². The van der Waals surface area contributed by atoms with Gasteiger partial charge < -0.3 is 4.74 Å². The molecule has 0 aliphatic carbocycles. The van der Waals surface area contributed by atoms with E-state index < -0.39 is 0 Å². The van der Waals surface area contributed by atoms with Crippen LogP contribution in [0.15, 0.2) is 29.2 Å². The van der Waals surface area contributed by atoms with Gasteiger partial charge in [-0.15, -0.1) is 0 Å². The summed E-state index contributed by atoms with van der Waals surface area (Å²) in [4.78, 5) is 14.8. The second-order valence-electron chi connectivity index (χ2n) is 4.51. The third-order valence-electron chi connectivity index (χ3n) is 3.16. The molecule has 0 spiro atoms. The molecule has 3 nitrogen and oxygen atoms in total. The quantitative estimate of drug-likeness (QED) is 0.627. The molecular formula is C15H17NO2S2. The Morgan fingerprint density at radius 2 is 2.00 bits per heavy atom. The maximum atomic E-state index is 12.4. The minimum absolute atomic E-state index is 0.0233. The van der Waals surface area contributed by atoms with Crippen molar-refractivity contribution in [2.75, 3.05) is 13.7 Å². The van der Waals surface area contributed by atoms with Crippen molar-refractivity contribution < 1.29 is 9.53 Å². The zero-order valence-electron chi connectivity index (χ0n) is 11.8. The topological polar surface area (TPSA) is 29.5 Å². The summed E-state index contributed by atoms with van der Waals surface area (Å²) in [6.45, 7) is 4.68. The van der Waals surface area contributed by atoms with Gasteiger partial charge in [0.1, 0.15) is 10.1 Å². The Hall–Kier alpha value is -1.33. The van der Waals surface area contributed by atoms with E-state index in [0.717, 1.165) is 28.2 Å². The molecule has 0 aromatic heterocycles. The molecule has 5 heteroatoms. The molecule has 1 aromatic carbocycles. The summed E-state index contributed by atoms with van der Waals surface area (Å²) in [7, 11) is 1.64. The van der Waals surface area contributed by atoms with Gasteiger partial charge in [-0.1, -0.05) is 43.0 Å². The van der Waals surface area contributed by atoms with E-state index in [1.807, 2.05) is 38.1 Å². The number of allylic oxidation sites excluding steroid dienone is 1. The lowest BCUT2D eigenvalue weighted by atomic mass is 10.1. The maximum Gasteiger partial charge on any atom is 0.266 e. The summed E-state index contributed by atoms with van der Waals surface area (Å²) in [6, 6.07) is 7.71. The molecule has 1 aromatic rings. The predicted molar refractivity (Wildman–Crippen MR) is 87.8 cm³/mol. The van der Waals surface area contributed by atoms with Crippen molar-refractivity contribution >= 4 is 39.8 Å². The van der Waals surface area contributed by atoms with Crippen molar-refractivity contribution in [3.05, 3.63) is 34.7 Å². The molecule has 0 atom stereocenters. The molecular weight excluding hydrogens is 290 g/mol. The van der Waals surface area contributed by atoms with Crippen LogP contribution in [0.25, 0.3) is 5.57 Å². The highest BCUT2D eigenvalue weighted by atomic mass is 32.2. The molecule has 0 N–H and O–H groups in total. The Kier molecular flexibility index (Phi) is 4.83. The van der Waals surface area contributed by atoms with Crippen molar-refractivity contribution in [3.63, 3.8) is 0 Å². The van der Waals surface area contributed by atoms with Crippen LogP contribution in [-0.4, -0.2) is 28.8 Å². The first-order valence-corrected chi connectivity index (χ1v) is 7.70. The lowest BCUT2D eigenvalue weighted by Crippen LogP contribution is -2.28. The lowest BCUT2D eigenvalue weighted by molar-refractivity contribution is -0.122. The largest absolute Gasteiger partial charge is 0.497 e. The van der Waals surface area contributed by atoms with Gasteiger partial charge in [0.15, 0.2) is 0 Å². The lowest BCUT2D eigenvalue weighted by Gasteiger charge is -2.12. The summed E-state index contributed by atoms with van der Waals surface area (Å²) in [5, 5.41) is 0. The molecule has 1 aliphatic rings. The summed E-state index contributed by atoms with van der Waals surface area (Å²) in [5.41, 5.74) is 1.98. The number of carbonyl (C=O) groups excluding carboxylic acids is 1. The Morgan fingerprint density at radius 1 is 1.35 bits per heavy atom. The molecule has 1 heterocycles. The first kappa shape index (κ1) is 15.1. The van der Waals surface area contributed by atoms with Crippen molar-refractivity contribution in [2.24, 2.45) is 0 Å². The standard InChI is InChI=1S/C15H17NO2S2/c1-4-9-16-14(17)13(20-15(16)19)10(2)11-5-7-12(18-3)8-6-11/h5-8H,4,9H2,1-3H3/b13-10-. The van der Waals surface area contributed by atoms with Crippen LogP contribution in [0.2, 0.25) is 0 Å². The minimum Gasteiger partial charge on any atom is -0.497 e. The SMILES string of the molecule is CCCN1C(=O)/C(=C(\C)c2ccc(OC)cc2)SC1=S. The van der Waals surface area contributed by atoms with E-state index >= 15 is 0 Å². The molecule has 20 heavy (non-hydrogen) atoms. The van der Waals surface area contributed by atoms with Crippen LogP contribution < -0.4 is 4.74 Å². The van der Waals surface area contributed by atoms with E-state index in [1.165, 1.54) is 11.8 Å². The number of hydrogen-bond donors (Lipinski definition) is 0. The van der Waals surface area contributed by atoms with Crippen molar-refractivity contribution in [1.82, 2.24) is 4.90 Å². The second-order valence-corrected chi connectivity index (χ2v) is 6.15. The monoisotopic (exact) mass is 307 g/mol. The molecule has 1 fully saturated rings. The van der Waals surface area contributed by atoms with E-state index in [-0.39, 0.29) is 5.91 Å². The number of benzene rings is 1. The average Bonchev–Trinajstić information content (AvgIpc) is 2.75. The number of ether oxygens (including phenoxy) is 1. The molecule has 0 radical (unpaired) electrons. The van der Waals surface area contributed by atoms with Gasteiger partial charge in [0.05, 0.1) is 12.0 Å². The molecule has 0 saturated carbocycles. The summed E-state index contributed by atoms with van der Waals surface area (Å²) in [6.07, 6.45) is 0.904. The van der Waals surface area contributed by atoms with Gasteiger partial charge in [0.25, 0.3) is 5.91 Å². The number of hydrogen-bond acceptors (Lipinski definition) is 4. The van der Waals surface area contributed by atoms with Crippen LogP contribution >= 0.6 is 24.0 Å². The highest BCUT2D eigenvalue weighted by molar-refractivity contribution is 8.26. The fraction of sp³-hybridized carbons (Fsp3) is 0.333. The minimum atomic E-state index is 0.0233. The van der Waals surface area contributed by atoms with Gasteiger partial charge in [-0.05, 0) is 36.6 Å². The van der Waals surface area contributed by atoms with Gasteiger partial charge in [0.2, 0.25) is 0 Å². The molecule has 0 bridgehead atoms. The van der Waals surface area contributed by atoms with Crippen LogP contribution in [0.5, 0.6) is 5.75 Å². The zero-order valence-corrected chi connectivity index (χ0v) is 13.4. The number of thioether (sulfide) groups is 1. The van der Waals surface area contributed by atoms with E-state index in [0.29, 0.717) is 10.9 Å². The fourth-order valence-electron chi connectivity index (χ4n) is 2.02. The summed E-state index contributed by atoms with van der Waals surface area (Å²) >= 11 is 6.67. The highest BCUT2D eigenvalue weighted by Gasteiger charge is 2.32. The fourth-order valence-corrected chi connectivity index (χ4v) is 3.37. The van der Waals surface area contributed by atoms with Crippen LogP contribution in [0, 0.1) is 0 Å². The Balaban J connectivity index is 2.32. The Morgan fingerprint density at radius 3 is 2.55 bits per heavy atom. The van der Waals surface area contributed by atoms with Crippen LogP contribution in [0.1, 0.15) is 25.8 Å². The zero-order chi connectivity index (χ0) is 14.7. The first-order chi connectivity index (χ1) is 9.58. The second kappa shape index (κ2) is 6.41. The molecule has 0 unspecified atom stereocenters. The van der Waals surface area contributed by atoms with Crippen molar-refractivity contribution in [1.29, 1.82) is 0 Å². The van der Waals surface area contributed by atoms with E-state index in [2.05, 4.69) is 0 Å². The Bertz CT molecular complexity index is 564. The van der Waals surface area contributed by atoms with E-state index in [9.17, 15) is 4.79 Å². The summed E-state index contributed by atoms with van der Waals surface area (Å²) < 4.78 is 5.80. The van der Waals surface area contributed by atoms with Gasteiger partial charge in [-0.25, -0.2) is 0 Å². The number of thiocarbonyl (C=S) groups is 1. The third kappa shape index (κ3) is 2.88. The molecule has 1 saturated heterocycles. The van der Waals surface area contributed by atoms with Crippen LogP contribution in [-0.2, 0) is 4.79 Å². The number of carbonyl (C=O) groups is 1. The van der Waals surface area contributed by atoms with E-state index in [1.54, 1.807) is 12.0 Å². The number of methoxy groups -OCH3 is 1. The van der Waals surface area contributed by atoms with Gasteiger partial charge >= 0.3 is 0 Å². The van der Waals surface area contributed by atoms with Crippen LogP contribution in [0.3, 0.4) is 0 Å². The average molecular weight is 307 g/mol. The number of amides is 1. The molecule has 1 aliphatic heterocycles. The normalized spacial score (nSPS) is 17.6. The van der Waals surface area contributed by atoms with Crippen LogP contribution in [0.4, 0.5) is 0 Å². The predicted octanol–water partition coefficient (Wildman–Crippen LogP) is 3.70. The van der Waals surface area contributed by atoms with Gasteiger partial charge in [-0.2, -0.15) is 0 Å². The molecule has 106 valence electrons. The first-order valence-electron chi connectivity index (χ1n) is 6.47.